The van der Waals surface area contributed by atoms with Crippen molar-refractivity contribution in [3.8, 4) is 0 Å². The van der Waals surface area contributed by atoms with E-state index in [0.717, 1.165) is 38.9 Å². The zero-order chi connectivity index (χ0) is 13.2. The predicted molar refractivity (Wildman–Crippen MR) is 73.9 cm³/mol. The van der Waals surface area contributed by atoms with Gasteiger partial charge in [0.15, 0.2) is 0 Å². The summed E-state index contributed by atoms with van der Waals surface area (Å²) in [7, 11) is 0. The molecule has 0 aromatic carbocycles. The van der Waals surface area contributed by atoms with E-state index in [9.17, 15) is 4.79 Å². The Labute approximate surface area is 115 Å². The molecule has 3 rings (SSSR count). The molecule has 3 heterocycles. The van der Waals surface area contributed by atoms with Crippen LogP contribution >= 0.6 is 0 Å². The first-order valence-electron chi connectivity index (χ1n) is 7.91. The van der Waals surface area contributed by atoms with E-state index in [1.165, 1.54) is 19.3 Å². The third kappa shape index (κ3) is 2.95. The smallest absolute Gasteiger partial charge is 0.251 e. The first-order valence-corrected chi connectivity index (χ1v) is 7.91. The Balaban J connectivity index is 1.56. The molecule has 3 saturated heterocycles. The number of amides is 1. The number of nitrogens with one attached hydrogen (secondary N) is 1. The van der Waals surface area contributed by atoms with Gasteiger partial charge in [0.2, 0.25) is 0 Å². The largest absolute Gasteiger partial charge is 0.365 e. The van der Waals surface area contributed by atoms with Gasteiger partial charge in [-0.15, -0.1) is 0 Å². The monoisotopic (exact) mass is 266 g/mol. The highest BCUT2D eigenvalue weighted by molar-refractivity contribution is 5.81. The van der Waals surface area contributed by atoms with Crippen LogP contribution in [-0.2, 0) is 9.53 Å². The number of hydrogen-bond donors (Lipinski definition) is 1. The predicted octanol–water partition coefficient (Wildman–Crippen LogP) is 1.54. The van der Waals surface area contributed by atoms with Gasteiger partial charge in [0.1, 0.15) is 6.10 Å². The number of ether oxygens (including phenoxy) is 1. The molecule has 0 spiro atoms. The average Bonchev–Trinajstić information content (AvgIpc) is 3.09. The number of carbonyl (C=O) groups excluding carboxylic acids is 1. The minimum absolute atomic E-state index is 0.162. The second-order valence-corrected chi connectivity index (χ2v) is 6.40. The third-order valence-corrected chi connectivity index (χ3v) is 4.94. The molecular formula is C15H26N2O2. The summed E-state index contributed by atoms with van der Waals surface area (Å²) >= 11 is 0. The van der Waals surface area contributed by atoms with Gasteiger partial charge < -0.3 is 15.0 Å². The van der Waals surface area contributed by atoms with Gasteiger partial charge in [-0.25, -0.2) is 0 Å². The van der Waals surface area contributed by atoms with E-state index in [1.54, 1.807) is 0 Å². The third-order valence-electron chi connectivity index (χ3n) is 4.94. The zero-order valence-electron chi connectivity index (χ0n) is 11.9. The second kappa shape index (κ2) is 5.80. The minimum atomic E-state index is -0.162. The van der Waals surface area contributed by atoms with Gasteiger partial charge in [0, 0.05) is 19.1 Å². The zero-order valence-corrected chi connectivity index (χ0v) is 11.9. The summed E-state index contributed by atoms with van der Waals surface area (Å²) in [6.07, 6.45) is 7.01. The van der Waals surface area contributed by atoms with Crippen LogP contribution in [0.2, 0.25) is 0 Å². The normalized spacial score (nSPS) is 39.7. The van der Waals surface area contributed by atoms with Crippen molar-refractivity contribution in [1.29, 1.82) is 0 Å². The van der Waals surface area contributed by atoms with Crippen molar-refractivity contribution in [1.82, 2.24) is 10.2 Å². The SMILES string of the molecule is CC1CCC(C(=O)N2CCCC(C3CCCN3)C2)O1. The first kappa shape index (κ1) is 13.4. The van der Waals surface area contributed by atoms with Gasteiger partial charge in [-0.1, -0.05) is 0 Å². The van der Waals surface area contributed by atoms with E-state index in [2.05, 4.69) is 17.1 Å². The molecule has 4 unspecified atom stereocenters. The van der Waals surface area contributed by atoms with Gasteiger partial charge in [0.25, 0.3) is 5.91 Å². The fourth-order valence-corrected chi connectivity index (χ4v) is 3.84. The summed E-state index contributed by atoms with van der Waals surface area (Å²) in [6, 6.07) is 0.638. The van der Waals surface area contributed by atoms with Crippen molar-refractivity contribution in [2.45, 2.75) is 63.7 Å². The molecule has 4 heteroatoms. The molecule has 0 aliphatic carbocycles. The van der Waals surface area contributed by atoms with Crippen molar-refractivity contribution in [2.75, 3.05) is 19.6 Å². The van der Waals surface area contributed by atoms with Gasteiger partial charge in [-0.3, -0.25) is 4.79 Å². The quantitative estimate of drug-likeness (QED) is 0.824. The van der Waals surface area contributed by atoms with Crippen LogP contribution in [-0.4, -0.2) is 48.7 Å². The summed E-state index contributed by atoms with van der Waals surface area (Å²) in [5, 5.41) is 3.59. The molecule has 1 amide bonds. The Morgan fingerprint density at radius 2 is 2.11 bits per heavy atom. The Bertz CT molecular complexity index is 328. The van der Waals surface area contributed by atoms with Crippen LogP contribution in [0.15, 0.2) is 0 Å². The van der Waals surface area contributed by atoms with Crippen LogP contribution in [0.25, 0.3) is 0 Å². The summed E-state index contributed by atoms with van der Waals surface area (Å²) < 4.78 is 5.73. The van der Waals surface area contributed by atoms with Gasteiger partial charge in [-0.2, -0.15) is 0 Å². The molecule has 4 atom stereocenters. The molecule has 3 aliphatic rings. The first-order chi connectivity index (χ1) is 9.24. The lowest BCUT2D eigenvalue weighted by Crippen LogP contribution is -2.48. The van der Waals surface area contributed by atoms with Crippen molar-refractivity contribution < 1.29 is 9.53 Å². The lowest BCUT2D eigenvalue weighted by Gasteiger charge is -2.36. The van der Waals surface area contributed by atoms with E-state index in [0.29, 0.717) is 12.0 Å². The number of hydrogen-bond acceptors (Lipinski definition) is 3. The molecule has 0 saturated carbocycles. The van der Waals surface area contributed by atoms with Crippen LogP contribution in [0.1, 0.15) is 45.4 Å². The highest BCUT2D eigenvalue weighted by Gasteiger charge is 2.36. The molecule has 0 radical (unpaired) electrons. The molecule has 3 aliphatic heterocycles. The Morgan fingerprint density at radius 1 is 1.21 bits per heavy atom. The Kier molecular flexibility index (Phi) is 4.08. The van der Waals surface area contributed by atoms with Crippen molar-refractivity contribution in [3.05, 3.63) is 0 Å². The van der Waals surface area contributed by atoms with E-state index < -0.39 is 0 Å². The number of likely N-dealkylation sites (tertiary alicyclic amines) is 1. The van der Waals surface area contributed by atoms with Crippen LogP contribution in [0, 0.1) is 5.92 Å². The summed E-state index contributed by atoms with van der Waals surface area (Å²) in [5.41, 5.74) is 0. The molecule has 108 valence electrons. The molecule has 0 bridgehead atoms. The highest BCUT2D eigenvalue weighted by atomic mass is 16.5. The lowest BCUT2D eigenvalue weighted by atomic mass is 9.89. The van der Waals surface area contributed by atoms with Crippen molar-refractivity contribution in [2.24, 2.45) is 5.92 Å². The van der Waals surface area contributed by atoms with E-state index in [-0.39, 0.29) is 18.1 Å². The number of rotatable bonds is 2. The van der Waals surface area contributed by atoms with Crippen LogP contribution in [0.5, 0.6) is 0 Å². The molecule has 0 aromatic heterocycles. The molecule has 1 N–H and O–H groups in total. The van der Waals surface area contributed by atoms with Gasteiger partial charge in [0.05, 0.1) is 6.10 Å². The Morgan fingerprint density at radius 3 is 2.79 bits per heavy atom. The second-order valence-electron chi connectivity index (χ2n) is 6.40. The fourth-order valence-electron chi connectivity index (χ4n) is 3.84. The molecule has 3 fully saturated rings. The standard InChI is InChI=1S/C15H26N2O2/c1-11-6-7-14(19-11)15(18)17-9-3-4-12(10-17)13-5-2-8-16-13/h11-14,16H,2-10H2,1H3. The van der Waals surface area contributed by atoms with Crippen LogP contribution in [0.4, 0.5) is 0 Å². The molecule has 0 aromatic rings. The lowest BCUT2D eigenvalue weighted by molar-refractivity contribution is -0.144. The maximum absolute atomic E-state index is 12.5. The topological polar surface area (TPSA) is 41.6 Å². The van der Waals surface area contributed by atoms with Gasteiger partial charge in [-0.05, 0) is 57.9 Å². The minimum Gasteiger partial charge on any atom is -0.365 e. The summed E-state index contributed by atoms with van der Waals surface area (Å²) in [5.74, 6) is 0.895. The molecule has 4 nitrogen and oxygen atoms in total. The van der Waals surface area contributed by atoms with Crippen LogP contribution in [0.3, 0.4) is 0 Å². The maximum atomic E-state index is 12.5. The highest BCUT2D eigenvalue weighted by Crippen LogP contribution is 2.27. The van der Waals surface area contributed by atoms with E-state index in [1.807, 2.05) is 0 Å². The molecule has 19 heavy (non-hydrogen) atoms. The average molecular weight is 266 g/mol. The van der Waals surface area contributed by atoms with Crippen LogP contribution < -0.4 is 5.32 Å². The summed E-state index contributed by atoms with van der Waals surface area (Å²) in [4.78, 5) is 14.6. The van der Waals surface area contributed by atoms with Gasteiger partial charge >= 0.3 is 0 Å². The number of nitrogens with zero attached hydrogens (tertiary/aromatic N) is 1. The number of carbonyl (C=O) groups is 1. The van der Waals surface area contributed by atoms with Crippen molar-refractivity contribution in [3.63, 3.8) is 0 Å². The fraction of sp³-hybridized carbons (Fsp3) is 0.933. The van der Waals surface area contributed by atoms with Crippen molar-refractivity contribution >= 4 is 5.91 Å². The molecular weight excluding hydrogens is 240 g/mol. The Hall–Kier alpha value is -0.610. The maximum Gasteiger partial charge on any atom is 0.251 e. The number of piperidine rings is 1. The van der Waals surface area contributed by atoms with E-state index in [4.69, 9.17) is 4.74 Å². The summed E-state index contributed by atoms with van der Waals surface area (Å²) in [6.45, 7) is 5.08. The van der Waals surface area contributed by atoms with E-state index >= 15 is 0 Å².